The van der Waals surface area contributed by atoms with Gasteiger partial charge in [0.25, 0.3) is 5.69 Å². The van der Waals surface area contributed by atoms with E-state index < -0.39 is 4.92 Å². The quantitative estimate of drug-likeness (QED) is 0.249. The lowest BCUT2D eigenvalue weighted by atomic mass is 10.1. The third kappa shape index (κ3) is 4.58. The van der Waals surface area contributed by atoms with Crippen LogP contribution in [0.2, 0.25) is 0 Å². The van der Waals surface area contributed by atoms with E-state index in [1.807, 2.05) is 41.8 Å². The standard InChI is InChI=1S/C24H16N6O2S/c31-30(32)20-6-2-4-18(14-20)21-7-8-23(29-28-21)26-19-5-1-3-17(13-19)22-15-33-24(27-22)16-9-11-25-12-10-16/h1-15H,(H,26,29). The van der Waals surface area contributed by atoms with Crippen LogP contribution in [-0.4, -0.2) is 25.1 Å². The number of thiazole rings is 1. The molecule has 0 fully saturated rings. The van der Waals surface area contributed by atoms with Gasteiger partial charge in [-0.05, 0) is 36.4 Å². The molecule has 0 aliphatic heterocycles. The Balaban J connectivity index is 1.34. The molecule has 2 aromatic carbocycles. The molecule has 5 rings (SSSR count). The van der Waals surface area contributed by atoms with E-state index in [-0.39, 0.29) is 5.69 Å². The predicted molar refractivity (Wildman–Crippen MR) is 128 cm³/mol. The van der Waals surface area contributed by atoms with E-state index >= 15 is 0 Å². The Morgan fingerprint density at radius 3 is 2.36 bits per heavy atom. The molecule has 33 heavy (non-hydrogen) atoms. The molecule has 0 saturated carbocycles. The van der Waals surface area contributed by atoms with Crippen molar-refractivity contribution in [2.75, 3.05) is 5.32 Å². The average Bonchev–Trinajstić information content (AvgIpc) is 3.36. The SMILES string of the molecule is O=[N+]([O-])c1cccc(-c2ccc(Nc3cccc(-c4csc(-c5ccncc5)n4)c3)nn2)c1. The zero-order valence-electron chi connectivity index (χ0n) is 17.1. The summed E-state index contributed by atoms with van der Waals surface area (Å²) in [5.41, 5.74) is 4.98. The molecule has 0 amide bonds. The van der Waals surface area contributed by atoms with Crippen molar-refractivity contribution >= 4 is 28.5 Å². The van der Waals surface area contributed by atoms with Gasteiger partial charge in [-0.3, -0.25) is 15.1 Å². The maximum absolute atomic E-state index is 11.0. The summed E-state index contributed by atoms with van der Waals surface area (Å²) in [5.74, 6) is 0.567. The van der Waals surface area contributed by atoms with E-state index in [1.54, 1.807) is 48.0 Å². The zero-order chi connectivity index (χ0) is 22.6. The van der Waals surface area contributed by atoms with Crippen LogP contribution in [0.3, 0.4) is 0 Å². The smallest absolute Gasteiger partial charge is 0.270 e. The number of pyridine rings is 1. The maximum Gasteiger partial charge on any atom is 0.270 e. The van der Waals surface area contributed by atoms with Gasteiger partial charge in [-0.1, -0.05) is 24.3 Å². The van der Waals surface area contributed by atoms with E-state index in [0.29, 0.717) is 17.1 Å². The van der Waals surface area contributed by atoms with Gasteiger partial charge in [0, 0.05) is 52.3 Å². The van der Waals surface area contributed by atoms with Crippen LogP contribution in [0, 0.1) is 10.1 Å². The van der Waals surface area contributed by atoms with Crippen LogP contribution in [0.4, 0.5) is 17.2 Å². The predicted octanol–water partition coefficient (Wildman–Crippen LogP) is 5.98. The first kappa shape index (κ1) is 20.4. The Kier molecular flexibility index (Phi) is 5.52. The molecule has 1 N–H and O–H groups in total. The number of benzene rings is 2. The number of hydrogen-bond acceptors (Lipinski definition) is 8. The lowest BCUT2D eigenvalue weighted by Crippen LogP contribution is -1.97. The van der Waals surface area contributed by atoms with Gasteiger partial charge in [0.2, 0.25) is 0 Å². The van der Waals surface area contributed by atoms with Crippen LogP contribution in [0.25, 0.3) is 33.1 Å². The van der Waals surface area contributed by atoms with Gasteiger partial charge in [0.1, 0.15) is 5.01 Å². The summed E-state index contributed by atoms with van der Waals surface area (Å²) >= 11 is 1.59. The van der Waals surface area contributed by atoms with Crippen molar-refractivity contribution in [3.8, 4) is 33.1 Å². The molecule has 5 aromatic rings. The number of anilines is 2. The van der Waals surface area contributed by atoms with Crippen LogP contribution in [0.15, 0.2) is 90.6 Å². The number of nitrogens with zero attached hydrogens (tertiary/aromatic N) is 5. The highest BCUT2D eigenvalue weighted by atomic mass is 32.1. The summed E-state index contributed by atoms with van der Waals surface area (Å²) in [6.45, 7) is 0. The molecule has 160 valence electrons. The molecule has 0 saturated heterocycles. The van der Waals surface area contributed by atoms with Gasteiger partial charge in [-0.2, -0.15) is 0 Å². The van der Waals surface area contributed by atoms with Crippen molar-refractivity contribution in [3.05, 3.63) is 101 Å². The lowest BCUT2D eigenvalue weighted by Gasteiger charge is -2.07. The molecule has 0 atom stereocenters. The minimum Gasteiger partial charge on any atom is -0.339 e. The Morgan fingerprint density at radius 2 is 1.61 bits per heavy atom. The number of nitrogens with one attached hydrogen (secondary N) is 1. The second-order valence-corrected chi connectivity index (χ2v) is 7.95. The molecule has 3 aromatic heterocycles. The Labute approximate surface area is 192 Å². The van der Waals surface area contributed by atoms with Gasteiger partial charge in [-0.25, -0.2) is 4.98 Å². The topological polar surface area (TPSA) is 107 Å². The number of hydrogen-bond donors (Lipinski definition) is 1. The van der Waals surface area contributed by atoms with Crippen LogP contribution in [0.1, 0.15) is 0 Å². The van der Waals surface area contributed by atoms with Crippen molar-refractivity contribution in [1.29, 1.82) is 0 Å². The van der Waals surface area contributed by atoms with Crippen molar-refractivity contribution in [2.24, 2.45) is 0 Å². The van der Waals surface area contributed by atoms with Gasteiger partial charge in [0.15, 0.2) is 5.82 Å². The minimum absolute atomic E-state index is 0.0162. The van der Waals surface area contributed by atoms with E-state index in [4.69, 9.17) is 4.98 Å². The lowest BCUT2D eigenvalue weighted by molar-refractivity contribution is -0.384. The van der Waals surface area contributed by atoms with Crippen LogP contribution >= 0.6 is 11.3 Å². The second kappa shape index (κ2) is 8.93. The molecule has 8 nitrogen and oxygen atoms in total. The van der Waals surface area contributed by atoms with Gasteiger partial charge < -0.3 is 5.32 Å². The first-order valence-electron chi connectivity index (χ1n) is 9.98. The summed E-state index contributed by atoms with van der Waals surface area (Å²) in [4.78, 5) is 19.4. The van der Waals surface area contributed by atoms with Crippen molar-refractivity contribution in [3.63, 3.8) is 0 Å². The number of aromatic nitrogens is 4. The largest absolute Gasteiger partial charge is 0.339 e. The number of nitro groups is 1. The highest BCUT2D eigenvalue weighted by Gasteiger charge is 2.10. The number of non-ortho nitro benzene ring substituents is 1. The molecule has 9 heteroatoms. The van der Waals surface area contributed by atoms with Crippen LogP contribution in [0.5, 0.6) is 0 Å². The Hall–Kier alpha value is -4.50. The number of nitro benzene ring substituents is 1. The minimum atomic E-state index is -0.428. The van der Waals surface area contributed by atoms with E-state index in [2.05, 4.69) is 20.5 Å². The highest BCUT2D eigenvalue weighted by Crippen LogP contribution is 2.30. The molecule has 0 radical (unpaired) electrons. The van der Waals surface area contributed by atoms with Crippen molar-refractivity contribution in [1.82, 2.24) is 20.2 Å². The molecular formula is C24H16N6O2S. The monoisotopic (exact) mass is 452 g/mol. The molecular weight excluding hydrogens is 436 g/mol. The normalized spacial score (nSPS) is 10.7. The fourth-order valence-electron chi connectivity index (χ4n) is 3.27. The zero-order valence-corrected chi connectivity index (χ0v) is 17.9. The van der Waals surface area contributed by atoms with E-state index in [9.17, 15) is 10.1 Å². The summed E-state index contributed by atoms with van der Waals surface area (Å²) in [7, 11) is 0. The van der Waals surface area contributed by atoms with Gasteiger partial charge >= 0.3 is 0 Å². The average molecular weight is 452 g/mol. The van der Waals surface area contributed by atoms with Crippen LogP contribution < -0.4 is 5.32 Å². The molecule has 3 heterocycles. The Morgan fingerprint density at radius 1 is 0.818 bits per heavy atom. The Bertz CT molecular complexity index is 1420. The molecule has 0 aliphatic rings. The van der Waals surface area contributed by atoms with E-state index in [0.717, 1.165) is 27.5 Å². The first-order chi connectivity index (χ1) is 16.2. The van der Waals surface area contributed by atoms with Crippen molar-refractivity contribution < 1.29 is 4.92 Å². The van der Waals surface area contributed by atoms with Crippen LogP contribution in [-0.2, 0) is 0 Å². The summed E-state index contributed by atoms with van der Waals surface area (Å²) < 4.78 is 0. The fourth-order valence-corrected chi connectivity index (χ4v) is 4.10. The van der Waals surface area contributed by atoms with Crippen molar-refractivity contribution in [2.45, 2.75) is 0 Å². The summed E-state index contributed by atoms with van der Waals surface area (Å²) in [5, 5.41) is 25.6. The third-order valence-corrected chi connectivity index (χ3v) is 5.77. The van der Waals surface area contributed by atoms with Gasteiger partial charge in [0.05, 0.1) is 16.3 Å². The second-order valence-electron chi connectivity index (χ2n) is 7.09. The number of rotatable bonds is 6. The summed E-state index contributed by atoms with van der Waals surface area (Å²) in [6.07, 6.45) is 3.51. The first-order valence-corrected chi connectivity index (χ1v) is 10.9. The van der Waals surface area contributed by atoms with Gasteiger partial charge in [-0.15, -0.1) is 21.5 Å². The maximum atomic E-state index is 11.0. The summed E-state index contributed by atoms with van der Waals surface area (Å²) in [6, 6.07) is 21.7. The molecule has 0 bridgehead atoms. The van der Waals surface area contributed by atoms with E-state index in [1.165, 1.54) is 12.1 Å². The fraction of sp³-hybridized carbons (Fsp3) is 0. The molecule has 0 aliphatic carbocycles. The molecule has 0 unspecified atom stereocenters. The highest BCUT2D eigenvalue weighted by molar-refractivity contribution is 7.13. The molecule has 0 spiro atoms. The third-order valence-electron chi connectivity index (χ3n) is 4.88.